The summed E-state index contributed by atoms with van der Waals surface area (Å²) < 4.78 is 0. The second-order valence-electron chi connectivity index (χ2n) is 6.89. The summed E-state index contributed by atoms with van der Waals surface area (Å²) in [6.45, 7) is 11.8. The Hall–Kier alpha value is -1.26. The first-order chi connectivity index (χ1) is 9.91. The molecule has 0 saturated carbocycles. The maximum Gasteiger partial charge on any atom is 0.133 e. The summed E-state index contributed by atoms with van der Waals surface area (Å²) >= 11 is 1.90. The quantitative estimate of drug-likeness (QED) is 0.847. The van der Waals surface area contributed by atoms with E-state index in [0.29, 0.717) is 0 Å². The Morgan fingerprint density at radius 3 is 2.76 bits per heavy atom. The normalized spacial score (nSPS) is 16.0. The first-order valence-corrected chi connectivity index (χ1v) is 8.36. The molecule has 4 heteroatoms. The number of aryl methyl sites for hydroxylation is 1. The van der Waals surface area contributed by atoms with Gasteiger partial charge in [0.05, 0.1) is 0 Å². The van der Waals surface area contributed by atoms with Crippen LogP contribution < -0.4 is 0 Å². The van der Waals surface area contributed by atoms with Crippen LogP contribution in [0.3, 0.4) is 0 Å². The molecule has 0 amide bonds. The van der Waals surface area contributed by atoms with Crippen LogP contribution in [0.1, 0.15) is 47.6 Å². The van der Waals surface area contributed by atoms with Crippen molar-refractivity contribution in [2.24, 2.45) is 0 Å². The Morgan fingerprint density at radius 2 is 2.10 bits per heavy atom. The lowest BCUT2D eigenvalue weighted by atomic mass is 9.95. The number of rotatable bonds is 2. The van der Waals surface area contributed by atoms with Crippen LogP contribution in [0.25, 0.3) is 0 Å². The van der Waals surface area contributed by atoms with Crippen molar-refractivity contribution in [1.29, 1.82) is 0 Å². The maximum atomic E-state index is 4.79. The molecule has 0 N–H and O–H groups in total. The van der Waals surface area contributed by atoms with Crippen LogP contribution in [0.15, 0.2) is 18.3 Å². The van der Waals surface area contributed by atoms with Crippen molar-refractivity contribution in [3.05, 3.63) is 45.2 Å². The molecule has 0 aliphatic carbocycles. The van der Waals surface area contributed by atoms with E-state index >= 15 is 0 Å². The van der Waals surface area contributed by atoms with Crippen LogP contribution in [0.2, 0.25) is 0 Å². The molecule has 3 rings (SSSR count). The van der Waals surface area contributed by atoms with Crippen molar-refractivity contribution in [1.82, 2.24) is 14.9 Å². The van der Waals surface area contributed by atoms with E-state index in [9.17, 15) is 0 Å². The Labute approximate surface area is 131 Å². The van der Waals surface area contributed by atoms with Crippen LogP contribution in [-0.4, -0.2) is 21.4 Å². The molecule has 1 aliphatic rings. The minimum absolute atomic E-state index is 0.0284. The first kappa shape index (κ1) is 14.7. The van der Waals surface area contributed by atoms with Gasteiger partial charge in [0.15, 0.2) is 0 Å². The Bertz CT molecular complexity index is 640. The van der Waals surface area contributed by atoms with Gasteiger partial charge < -0.3 is 0 Å². The molecular formula is C17H23N3S. The Morgan fingerprint density at radius 1 is 1.29 bits per heavy atom. The van der Waals surface area contributed by atoms with E-state index in [-0.39, 0.29) is 5.41 Å². The van der Waals surface area contributed by atoms with E-state index in [1.54, 1.807) is 0 Å². The SMILES string of the molecule is Cc1ccc(CN2CCc3nc(C(C)(C)C)ncc3C2)s1. The Balaban J connectivity index is 1.74. The van der Waals surface area contributed by atoms with Crippen molar-refractivity contribution in [3.63, 3.8) is 0 Å². The maximum absolute atomic E-state index is 4.79. The molecule has 21 heavy (non-hydrogen) atoms. The molecule has 2 aromatic rings. The molecule has 3 nitrogen and oxygen atoms in total. The fourth-order valence-corrected chi connectivity index (χ4v) is 3.59. The van der Waals surface area contributed by atoms with Crippen molar-refractivity contribution < 1.29 is 0 Å². The van der Waals surface area contributed by atoms with E-state index in [0.717, 1.165) is 31.9 Å². The number of aromatic nitrogens is 2. The first-order valence-electron chi connectivity index (χ1n) is 7.55. The van der Waals surface area contributed by atoms with Gasteiger partial charge in [0.25, 0.3) is 0 Å². The van der Waals surface area contributed by atoms with E-state index in [4.69, 9.17) is 4.98 Å². The molecule has 1 aliphatic heterocycles. The van der Waals surface area contributed by atoms with Gasteiger partial charge >= 0.3 is 0 Å². The summed E-state index contributed by atoms with van der Waals surface area (Å²) in [5.74, 6) is 0.962. The van der Waals surface area contributed by atoms with Gasteiger partial charge in [0.2, 0.25) is 0 Å². The third-order valence-electron chi connectivity index (χ3n) is 3.86. The number of thiophene rings is 1. The van der Waals surface area contributed by atoms with Crippen LogP contribution in [0.5, 0.6) is 0 Å². The predicted molar refractivity (Wildman–Crippen MR) is 87.6 cm³/mol. The highest BCUT2D eigenvalue weighted by Gasteiger charge is 2.22. The van der Waals surface area contributed by atoms with E-state index in [2.05, 4.69) is 49.7 Å². The average molecular weight is 301 g/mol. The molecule has 0 spiro atoms. The number of hydrogen-bond donors (Lipinski definition) is 0. The monoisotopic (exact) mass is 301 g/mol. The molecular weight excluding hydrogens is 278 g/mol. The summed E-state index contributed by atoms with van der Waals surface area (Å²) in [4.78, 5) is 14.7. The van der Waals surface area contributed by atoms with Crippen LogP contribution in [0.4, 0.5) is 0 Å². The highest BCUT2D eigenvalue weighted by Crippen LogP contribution is 2.24. The zero-order valence-electron chi connectivity index (χ0n) is 13.3. The standard InChI is InChI=1S/C17H23N3S/c1-12-5-6-14(21-12)11-20-8-7-15-13(10-20)9-18-16(19-15)17(2,3)4/h5-6,9H,7-8,10-11H2,1-4H3. The summed E-state index contributed by atoms with van der Waals surface area (Å²) in [7, 11) is 0. The third kappa shape index (κ3) is 3.33. The molecule has 0 saturated heterocycles. The minimum atomic E-state index is 0.0284. The zero-order chi connectivity index (χ0) is 15.0. The van der Waals surface area contributed by atoms with Crippen LogP contribution in [0, 0.1) is 6.92 Å². The minimum Gasteiger partial charge on any atom is -0.293 e. The van der Waals surface area contributed by atoms with E-state index < -0.39 is 0 Å². The van der Waals surface area contributed by atoms with Crippen molar-refractivity contribution in [2.75, 3.05) is 6.54 Å². The Kier molecular flexibility index (Phi) is 3.84. The van der Waals surface area contributed by atoms with Gasteiger partial charge in [-0.25, -0.2) is 9.97 Å². The molecule has 2 aromatic heterocycles. The fraction of sp³-hybridized carbons (Fsp3) is 0.529. The van der Waals surface area contributed by atoms with Gasteiger partial charge in [-0.3, -0.25) is 4.90 Å². The van der Waals surface area contributed by atoms with Crippen molar-refractivity contribution >= 4 is 11.3 Å². The summed E-state index contributed by atoms with van der Waals surface area (Å²) in [6, 6.07) is 4.45. The average Bonchev–Trinajstić information content (AvgIpc) is 2.82. The molecule has 0 unspecified atom stereocenters. The van der Waals surface area contributed by atoms with Gasteiger partial charge in [0.1, 0.15) is 5.82 Å². The van der Waals surface area contributed by atoms with Crippen LogP contribution in [-0.2, 0) is 24.9 Å². The molecule has 0 atom stereocenters. The summed E-state index contributed by atoms with van der Waals surface area (Å²) in [6.07, 6.45) is 3.07. The molecule has 0 aromatic carbocycles. The van der Waals surface area contributed by atoms with Gasteiger partial charge in [-0.15, -0.1) is 11.3 Å². The van der Waals surface area contributed by atoms with Crippen LogP contribution >= 0.6 is 11.3 Å². The predicted octanol–water partition coefficient (Wildman–Crippen LogP) is 3.70. The molecule has 112 valence electrons. The highest BCUT2D eigenvalue weighted by molar-refractivity contribution is 7.11. The molecule has 0 fully saturated rings. The van der Waals surface area contributed by atoms with E-state index in [1.165, 1.54) is 21.0 Å². The van der Waals surface area contributed by atoms with Gasteiger partial charge in [-0.1, -0.05) is 20.8 Å². The topological polar surface area (TPSA) is 29.0 Å². The largest absolute Gasteiger partial charge is 0.293 e. The lowest BCUT2D eigenvalue weighted by Gasteiger charge is -2.28. The number of hydrogen-bond acceptors (Lipinski definition) is 4. The smallest absolute Gasteiger partial charge is 0.133 e. The second-order valence-corrected chi connectivity index (χ2v) is 8.26. The number of nitrogens with zero attached hydrogens (tertiary/aromatic N) is 3. The summed E-state index contributed by atoms with van der Waals surface area (Å²) in [5, 5.41) is 0. The van der Waals surface area contributed by atoms with Gasteiger partial charge in [-0.05, 0) is 19.1 Å². The highest BCUT2D eigenvalue weighted by atomic mass is 32.1. The van der Waals surface area contributed by atoms with Crippen molar-refractivity contribution in [3.8, 4) is 0 Å². The number of fused-ring (bicyclic) bond motifs is 1. The summed E-state index contributed by atoms with van der Waals surface area (Å²) in [5.41, 5.74) is 2.57. The van der Waals surface area contributed by atoms with Gasteiger partial charge in [0, 0.05) is 58.7 Å². The molecule has 0 radical (unpaired) electrons. The zero-order valence-corrected chi connectivity index (χ0v) is 14.1. The van der Waals surface area contributed by atoms with Gasteiger partial charge in [-0.2, -0.15) is 0 Å². The molecule has 0 bridgehead atoms. The van der Waals surface area contributed by atoms with E-state index in [1.807, 2.05) is 17.5 Å². The van der Waals surface area contributed by atoms with Crippen molar-refractivity contribution in [2.45, 2.75) is 52.6 Å². The molecule has 3 heterocycles. The second kappa shape index (κ2) is 5.50. The lowest BCUT2D eigenvalue weighted by molar-refractivity contribution is 0.244. The third-order valence-corrected chi connectivity index (χ3v) is 4.84. The fourth-order valence-electron chi connectivity index (χ4n) is 2.66. The lowest BCUT2D eigenvalue weighted by Crippen LogP contribution is -2.31.